The lowest BCUT2D eigenvalue weighted by Gasteiger charge is -2.17. The highest BCUT2D eigenvalue weighted by atomic mass is 35.5. The van der Waals surface area contributed by atoms with Crippen molar-refractivity contribution in [1.29, 1.82) is 5.26 Å². The number of aromatic nitrogens is 1. The SMILES string of the molecule is CCCCOc1ccccc1C(=O)c1c(C)c(C#N)c(=O)n(Cc2ccccc2Cl)c1O. The van der Waals surface area contributed by atoms with Crippen molar-refractivity contribution in [2.45, 2.75) is 33.2 Å². The summed E-state index contributed by atoms with van der Waals surface area (Å²) in [5.41, 5.74) is -0.0672. The summed E-state index contributed by atoms with van der Waals surface area (Å²) in [6, 6.07) is 15.5. The van der Waals surface area contributed by atoms with Crippen molar-refractivity contribution in [1.82, 2.24) is 4.57 Å². The van der Waals surface area contributed by atoms with Crippen LogP contribution in [0.5, 0.6) is 11.6 Å². The van der Waals surface area contributed by atoms with Crippen molar-refractivity contribution in [3.8, 4) is 17.7 Å². The second-order valence-electron chi connectivity index (χ2n) is 7.32. The lowest BCUT2D eigenvalue weighted by molar-refractivity contribution is 0.103. The van der Waals surface area contributed by atoms with E-state index in [1.807, 2.05) is 13.0 Å². The van der Waals surface area contributed by atoms with Gasteiger partial charge in [-0.25, -0.2) is 0 Å². The summed E-state index contributed by atoms with van der Waals surface area (Å²) in [6.45, 7) is 3.87. The molecule has 0 atom stereocenters. The van der Waals surface area contributed by atoms with E-state index in [1.54, 1.807) is 48.5 Å². The van der Waals surface area contributed by atoms with Crippen molar-refractivity contribution in [2.24, 2.45) is 0 Å². The van der Waals surface area contributed by atoms with Crippen LogP contribution in [0.3, 0.4) is 0 Å². The first-order chi connectivity index (χ1) is 15.4. The fourth-order valence-corrected chi connectivity index (χ4v) is 3.60. The van der Waals surface area contributed by atoms with Gasteiger partial charge in [-0.1, -0.05) is 55.3 Å². The van der Waals surface area contributed by atoms with E-state index in [0.717, 1.165) is 17.4 Å². The summed E-state index contributed by atoms with van der Waals surface area (Å²) in [7, 11) is 0. The molecule has 1 N–H and O–H groups in total. The van der Waals surface area contributed by atoms with Crippen LogP contribution in [0, 0.1) is 18.3 Å². The van der Waals surface area contributed by atoms with Gasteiger partial charge in [0.25, 0.3) is 5.56 Å². The van der Waals surface area contributed by atoms with Crippen molar-refractivity contribution in [3.05, 3.63) is 91.7 Å². The Morgan fingerprint density at radius 3 is 2.56 bits per heavy atom. The number of hydrogen-bond acceptors (Lipinski definition) is 5. The minimum atomic E-state index is -0.688. The molecule has 0 bridgehead atoms. The zero-order valence-electron chi connectivity index (χ0n) is 17.9. The average Bonchev–Trinajstić information content (AvgIpc) is 2.78. The average molecular weight is 451 g/mol. The molecular weight excluding hydrogens is 428 g/mol. The highest BCUT2D eigenvalue weighted by molar-refractivity contribution is 6.31. The number of ketones is 1. The molecule has 3 aromatic rings. The second kappa shape index (κ2) is 10.2. The predicted octanol–water partition coefficient (Wildman–Crippen LogP) is 4.85. The molecule has 0 saturated heterocycles. The Bertz CT molecular complexity index is 1260. The number of halogens is 1. The number of hydrogen-bond donors (Lipinski definition) is 1. The molecule has 3 rings (SSSR count). The standard InChI is InChI=1S/C25H23ClN2O4/c1-3-4-13-32-21-12-8-6-10-18(21)23(29)22-16(2)19(14-27)24(30)28(25(22)31)15-17-9-5-7-11-20(17)26/h5-12,31H,3-4,13,15H2,1-2H3. The molecular formula is C25H23ClN2O4. The molecule has 0 aliphatic rings. The Morgan fingerprint density at radius 2 is 1.88 bits per heavy atom. The van der Waals surface area contributed by atoms with Gasteiger partial charge in [0, 0.05) is 5.02 Å². The quantitative estimate of drug-likeness (QED) is 0.391. The molecule has 32 heavy (non-hydrogen) atoms. The number of para-hydroxylation sites is 1. The van der Waals surface area contributed by atoms with Crippen LogP contribution in [-0.2, 0) is 6.54 Å². The molecule has 0 aliphatic carbocycles. The van der Waals surface area contributed by atoms with Gasteiger partial charge >= 0.3 is 0 Å². The van der Waals surface area contributed by atoms with Crippen molar-refractivity contribution in [3.63, 3.8) is 0 Å². The van der Waals surface area contributed by atoms with Gasteiger partial charge in [-0.3, -0.25) is 14.2 Å². The Hall–Kier alpha value is -3.56. The number of unbranched alkanes of at least 4 members (excludes halogenated alkanes) is 1. The largest absolute Gasteiger partial charge is 0.494 e. The van der Waals surface area contributed by atoms with Gasteiger partial charge in [-0.15, -0.1) is 0 Å². The smallest absolute Gasteiger partial charge is 0.271 e. The topological polar surface area (TPSA) is 92.3 Å². The summed E-state index contributed by atoms with van der Waals surface area (Å²) < 4.78 is 6.77. The highest BCUT2D eigenvalue weighted by Gasteiger charge is 2.27. The van der Waals surface area contributed by atoms with Crippen molar-refractivity contribution < 1.29 is 14.6 Å². The summed E-state index contributed by atoms with van der Waals surface area (Å²) in [4.78, 5) is 26.4. The number of ether oxygens (including phenoxy) is 1. The van der Waals surface area contributed by atoms with E-state index in [2.05, 4.69) is 0 Å². The monoisotopic (exact) mass is 450 g/mol. The first-order valence-electron chi connectivity index (χ1n) is 10.3. The molecule has 6 nitrogen and oxygen atoms in total. The number of nitriles is 1. The maximum Gasteiger partial charge on any atom is 0.271 e. The van der Waals surface area contributed by atoms with Crippen LogP contribution >= 0.6 is 11.6 Å². The fraction of sp³-hybridized carbons (Fsp3) is 0.240. The first-order valence-corrected chi connectivity index (χ1v) is 10.6. The van der Waals surface area contributed by atoms with E-state index in [0.29, 0.717) is 22.9 Å². The van der Waals surface area contributed by atoms with E-state index in [-0.39, 0.29) is 28.8 Å². The summed E-state index contributed by atoms with van der Waals surface area (Å²) in [5, 5.41) is 21.0. The molecule has 7 heteroatoms. The van der Waals surface area contributed by atoms with Crippen LogP contribution in [-0.4, -0.2) is 22.1 Å². The van der Waals surface area contributed by atoms with Crippen LogP contribution in [0.2, 0.25) is 5.02 Å². The molecule has 0 unspecified atom stereocenters. The zero-order valence-corrected chi connectivity index (χ0v) is 18.6. The third kappa shape index (κ3) is 4.53. The van der Waals surface area contributed by atoms with Gasteiger partial charge < -0.3 is 9.84 Å². The molecule has 0 fully saturated rings. The third-order valence-corrected chi connectivity index (χ3v) is 5.57. The normalized spacial score (nSPS) is 10.6. The van der Waals surface area contributed by atoms with Crippen LogP contribution in [0.4, 0.5) is 0 Å². The Kier molecular flexibility index (Phi) is 7.34. The molecule has 0 amide bonds. The lowest BCUT2D eigenvalue weighted by atomic mass is 9.96. The maximum atomic E-state index is 13.5. The maximum absolute atomic E-state index is 13.5. The van der Waals surface area contributed by atoms with Gasteiger partial charge in [0.15, 0.2) is 0 Å². The van der Waals surface area contributed by atoms with Gasteiger partial charge in [0.2, 0.25) is 11.7 Å². The minimum absolute atomic E-state index is 0.0891. The van der Waals surface area contributed by atoms with Crippen LogP contribution < -0.4 is 10.3 Å². The number of benzene rings is 2. The van der Waals surface area contributed by atoms with E-state index >= 15 is 0 Å². The number of aromatic hydroxyl groups is 1. The number of carbonyl (C=O) groups is 1. The molecule has 0 radical (unpaired) electrons. The Labute approximate surface area is 191 Å². The molecule has 0 aliphatic heterocycles. The van der Waals surface area contributed by atoms with Crippen LogP contribution in [0.15, 0.2) is 53.3 Å². The van der Waals surface area contributed by atoms with Gasteiger partial charge in [0.1, 0.15) is 17.4 Å². The molecule has 0 spiro atoms. The van der Waals surface area contributed by atoms with Gasteiger partial charge in [-0.2, -0.15) is 5.26 Å². The second-order valence-corrected chi connectivity index (χ2v) is 7.73. The molecule has 1 heterocycles. The Morgan fingerprint density at radius 1 is 1.19 bits per heavy atom. The molecule has 164 valence electrons. The fourth-order valence-electron chi connectivity index (χ4n) is 3.41. The van der Waals surface area contributed by atoms with Crippen molar-refractivity contribution in [2.75, 3.05) is 6.61 Å². The van der Waals surface area contributed by atoms with E-state index < -0.39 is 17.2 Å². The minimum Gasteiger partial charge on any atom is -0.494 e. The summed E-state index contributed by atoms with van der Waals surface area (Å²) in [6.07, 6.45) is 1.77. The van der Waals surface area contributed by atoms with Gasteiger partial charge in [-0.05, 0) is 42.7 Å². The number of rotatable bonds is 8. The van der Waals surface area contributed by atoms with Crippen molar-refractivity contribution >= 4 is 17.4 Å². The number of pyridine rings is 1. The summed E-state index contributed by atoms with van der Waals surface area (Å²) in [5.74, 6) is -0.664. The van der Waals surface area contributed by atoms with E-state index in [4.69, 9.17) is 16.3 Å². The van der Waals surface area contributed by atoms with Crippen LogP contribution in [0.1, 0.15) is 52.4 Å². The Balaban J connectivity index is 2.16. The third-order valence-electron chi connectivity index (χ3n) is 5.20. The molecule has 2 aromatic carbocycles. The highest BCUT2D eigenvalue weighted by Crippen LogP contribution is 2.30. The molecule has 0 saturated carbocycles. The lowest BCUT2D eigenvalue weighted by Crippen LogP contribution is -2.27. The summed E-state index contributed by atoms with van der Waals surface area (Å²) >= 11 is 6.22. The number of nitrogens with zero attached hydrogens (tertiary/aromatic N) is 2. The number of carbonyl (C=O) groups excluding carboxylic acids is 1. The van der Waals surface area contributed by atoms with E-state index in [1.165, 1.54) is 6.92 Å². The van der Waals surface area contributed by atoms with Gasteiger partial charge in [0.05, 0.1) is 24.3 Å². The van der Waals surface area contributed by atoms with E-state index in [9.17, 15) is 20.0 Å². The zero-order chi connectivity index (χ0) is 23.3. The first kappa shape index (κ1) is 23.1. The predicted molar refractivity (Wildman–Crippen MR) is 123 cm³/mol. The molecule has 1 aromatic heterocycles. The van der Waals surface area contributed by atoms with Crippen LogP contribution in [0.25, 0.3) is 0 Å².